The van der Waals surface area contributed by atoms with E-state index >= 15 is 0 Å². The molecule has 0 aliphatic carbocycles. The summed E-state index contributed by atoms with van der Waals surface area (Å²) in [4.78, 5) is 0. The summed E-state index contributed by atoms with van der Waals surface area (Å²) in [6.45, 7) is 8.44. The van der Waals surface area contributed by atoms with Gasteiger partial charge in [0, 0.05) is 0 Å². The predicted octanol–water partition coefficient (Wildman–Crippen LogP) is 5.17. The molecule has 0 N–H and O–H groups in total. The maximum Gasteiger partial charge on any atom is -0.0187 e. The van der Waals surface area contributed by atoms with Crippen LogP contribution in [0.15, 0.2) is 54.1 Å². The van der Waals surface area contributed by atoms with Crippen LogP contribution in [0.25, 0.3) is 5.57 Å². The van der Waals surface area contributed by atoms with Crippen molar-refractivity contribution in [2.24, 2.45) is 0 Å². The quantitative estimate of drug-likeness (QED) is 0.621. The molecule has 1 aromatic rings. The van der Waals surface area contributed by atoms with E-state index in [1.165, 1.54) is 22.3 Å². The van der Waals surface area contributed by atoms with Crippen LogP contribution in [0.3, 0.4) is 0 Å². The number of aryl methyl sites for hydroxylation is 1. The lowest BCUT2D eigenvalue weighted by Crippen LogP contribution is -1.84. The zero-order chi connectivity index (χ0) is 12.7. The topological polar surface area (TPSA) is 0 Å². The molecule has 0 amide bonds. The maximum atomic E-state index is 2.20. The second kappa shape index (κ2) is 6.90. The molecule has 0 aliphatic rings. The summed E-state index contributed by atoms with van der Waals surface area (Å²) >= 11 is 0. The lowest BCUT2D eigenvalue weighted by Gasteiger charge is -2.03. The van der Waals surface area contributed by atoms with Crippen molar-refractivity contribution in [2.45, 2.75) is 34.1 Å². The molecule has 0 heteroatoms. The largest absolute Gasteiger partial charge is 0.0847 e. The van der Waals surface area contributed by atoms with Gasteiger partial charge in [-0.15, -0.1) is 0 Å². The number of benzene rings is 1. The first kappa shape index (κ1) is 13.5. The molecule has 0 bridgehead atoms. The van der Waals surface area contributed by atoms with Gasteiger partial charge < -0.3 is 0 Å². The average Bonchev–Trinajstić information content (AvgIpc) is 2.39. The second-order valence-electron chi connectivity index (χ2n) is 4.16. The van der Waals surface area contributed by atoms with Gasteiger partial charge in [-0.05, 0) is 43.9 Å². The Balaban J connectivity index is 2.91. The highest BCUT2D eigenvalue weighted by atomic mass is 14.0. The zero-order valence-electron chi connectivity index (χ0n) is 11.3. The molecule has 0 radical (unpaired) electrons. The van der Waals surface area contributed by atoms with Crippen molar-refractivity contribution >= 4 is 5.57 Å². The SMILES string of the molecule is C\C=C(C)/C=C\C(=C/C)c1ccc(CC)cc1. The number of hydrogen-bond acceptors (Lipinski definition) is 0. The Morgan fingerprint density at radius 1 is 1.00 bits per heavy atom. The molecule has 0 aromatic heterocycles. The molecular weight excluding hydrogens is 204 g/mol. The molecular formula is C17H22. The summed E-state index contributed by atoms with van der Waals surface area (Å²) < 4.78 is 0. The first-order valence-electron chi connectivity index (χ1n) is 6.27. The van der Waals surface area contributed by atoms with Gasteiger partial charge in [-0.1, -0.05) is 61.1 Å². The van der Waals surface area contributed by atoms with Gasteiger partial charge in [-0.2, -0.15) is 0 Å². The third-order valence-corrected chi connectivity index (χ3v) is 2.99. The molecule has 0 aliphatic heterocycles. The summed E-state index contributed by atoms with van der Waals surface area (Å²) in [5.74, 6) is 0. The van der Waals surface area contributed by atoms with Gasteiger partial charge in [0.15, 0.2) is 0 Å². The predicted molar refractivity (Wildman–Crippen MR) is 78.0 cm³/mol. The summed E-state index contributed by atoms with van der Waals surface area (Å²) in [6, 6.07) is 8.80. The minimum absolute atomic E-state index is 1.10. The van der Waals surface area contributed by atoms with Crippen LogP contribution in [0.2, 0.25) is 0 Å². The van der Waals surface area contributed by atoms with E-state index in [4.69, 9.17) is 0 Å². The first-order chi connectivity index (χ1) is 8.21. The van der Waals surface area contributed by atoms with Gasteiger partial charge in [0.1, 0.15) is 0 Å². The van der Waals surface area contributed by atoms with Crippen LogP contribution in [0, 0.1) is 0 Å². The molecule has 0 unspecified atom stereocenters. The van der Waals surface area contributed by atoms with E-state index < -0.39 is 0 Å². The molecule has 17 heavy (non-hydrogen) atoms. The van der Waals surface area contributed by atoms with Gasteiger partial charge in [0.2, 0.25) is 0 Å². The average molecular weight is 226 g/mol. The van der Waals surface area contributed by atoms with Gasteiger partial charge in [0.25, 0.3) is 0 Å². The molecule has 1 rings (SSSR count). The van der Waals surface area contributed by atoms with Crippen molar-refractivity contribution in [3.8, 4) is 0 Å². The van der Waals surface area contributed by atoms with E-state index in [0.29, 0.717) is 0 Å². The summed E-state index contributed by atoms with van der Waals surface area (Å²) in [5, 5.41) is 0. The van der Waals surface area contributed by atoms with Crippen LogP contribution in [0.4, 0.5) is 0 Å². The smallest absolute Gasteiger partial charge is 0.0187 e. The number of allylic oxidation sites excluding steroid dienone is 6. The lowest BCUT2D eigenvalue weighted by molar-refractivity contribution is 1.14. The monoisotopic (exact) mass is 226 g/mol. The Hall–Kier alpha value is -1.56. The standard InChI is InChI=1S/C17H22/c1-5-14(4)8-11-16(7-3)17-12-9-15(6-2)10-13-17/h5,7-13H,6H2,1-4H3/b11-8-,14-5-,16-7+. The Morgan fingerprint density at radius 2 is 1.65 bits per heavy atom. The van der Waals surface area contributed by atoms with Crippen molar-refractivity contribution in [2.75, 3.05) is 0 Å². The van der Waals surface area contributed by atoms with E-state index in [0.717, 1.165) is 6.42 Å². The fourth-order valence-electron chi connectivity index (χ4n) is 1.61. The molecule has 0 fully saturated rings. The molecule has 0 heterocycles. The molecule has 0 spiro atoms. The van der Waals surface area contributed by atoms with Crippen LogP contribution in [0.1, 0.15) is 38.8 Å². The van der Waals surface area contributed by atoms with Crippen molar-refractivity contribution in [3.05, 3.63) is 65.3 Å². The lowest BCUT2D eigenvalue weighted by atomic mass is 10.0. The van der Waals surface area contributed by atoms with Gasteiger partial charge in [-0.25, -0.2) is 0 Å². The Bertz CT molecular complexity index is 428. The van der Waals surface area contributed by atoms with Gasteiger partial charge >= 0.3 is 0 Å². The van der Waals surface area contributed by atoms with Crippen LogP contribution in [0.5, 0.6) is 0 Å². The Morgan fingerprint density at radius 3 is 2.12 bits per heavy atom. The molecule has 1 aromatic carbocycles. The summed E-state index contributed by atoms with van der Waals surface area (Å²) in [5.41, 5.74) is 5.23. The highest BCUT2D eigenvalue weighted by Gasteiger charge is 1.96. The zero-order valence-corrected chi connectivity index (χ0v) is 11.3. The molecule has 0 saturated carbocycles. The van der Waals surface area contributed by atoms with E-state index in [1.54, 1.807) is 0 Å². The first-order valence-corrected chi connectivity index (χ1v) is 6.27. The van der Waals surface area contributed by atoms with E-state index in [2.05, 4.69) is 76.3 Å². The van der Waals surface area contributed by atoms with Crippen molar-refractivity contribution < 1.29 is 0 Å². The fraction of sp³-hybridized carbons (Fsp3) is 0.294. The molecule has 0 saturated heterocycles. The summed E-state index contributed by atoms with van der Waals surface area (Å²) in [6.07, 6.45) is 9.70. The minimum atomic E-state index is 1.10. The molecule has 0 atom stereocenters. The maximum absolute atomic E-state index is 2.20. The fourth-order valence-corrected chi connectivity index (χ4v) is 1.61. The van der Waals surface area contributed by atoms with E-state index in [-0.39, 0.29) is 0 Å². The van der Waals surface area contributed by atoms with Crippen LogP contribution in [-0.2, 0) is 6.42 Å². The highest BCUT2D eigenvalue weighted by Crippen LogP contribution is 2.17. The van der Waals surface area contributed by atoms with Crippen molar-refractivity contribution in [1.82, 2.24) is 0 Å². The van der Waals surface area contributed by atoms with Crippen LogP contribution in [-0.4, -0.2) is 0 Å². The van der Waals surface area contributed by atoms with Crippen molar-refractivity contribution in [3.63, 3.8) is 0 Å². The third-order valence-electron chi connectivity index (χ3n) is 2.99. The minimum Gasteiger partial charge on any atom is -0.0847 e. The normalized spacial score (nSPS) is 13.4. The summed E-state index contributed by atoms with van der Waals surface area (Å²) in [7, 11) is 0. The number of hydrogen-bond donors (Lipinski definition) is 0. The van der Waals surface area contributed by atoms with E-state index in [9.17, 15) is 0 Å². The van der Waals surface area contributed by atoms with Crippen LogP contribution < -0.4 is 0 Å². The van der Waals surface area contributed by atoms with Gasteiger partial charge in [0.05, 0.1) is 0 Å². The van der Waals surface area contributed by atoms with Crippen LogP contribution >= 0.6 is 0 Å². The Kier molecular flexibility index (Phi) is 5.48. The molecule has 90 valence electrons. The van der Waals surface area contributed by atoms with E-state index in [1.807, 2.05) is 0 Å². The highest BCUT2D eigenvalue weighted by molar-refractivity contribution is 5.74. The van der Waals surface area contributed by atoms with Crippen molar-refractivity contribution in [1.29, 1.82) is 0 Å². The van der Waals surface area contributed by atoms with Gasteiger partial charge in [-0.3, -0.25) is 0 Å². The Labute approximate surface area is 105 Å². The number of rotatable bonds is 4. The molecule has 0 nitrogen and oxygen atoms in total. The third kappa shape index (κ3) is 4.07. The second-order valence-corrected chi connectivity index (χ2v) is 4.16.